The summed E-state index contributed by atoms with van der Waals surface area (Å²) < 4.78 is 59.3. The standard InChI is InChI=1S/C32H42ClN3O11Si3/c1-17-24-26(43-48(39-17,41-24)14-4-11-34)28-30-29(27-25-18(2)40-49(42-25,44-27)15-5-12-35)46-50(45-28,47-30)16-6-13-36-31(37)20-8-3-7-19-22(33)10-9-21(23(19)20)32(36)38/h3,7-10,17-18,24-30H,4-6,11-16,34-35H2,1-2H3. The van der Waals surface area contributed by atoms with E-state index < -0.39 is 56.9 Å². The number of imide groups is 1. The monoisotopic (exact) mass is 763 g/mol. The molecular weight excluding hydrogens is 722 g/mol. The summed E-state index contributed by atoms with van der Waals surface area (Å²) in [5, 5.41) is 1.77. The molecule has 18 heteroatoms. The summed E-state index contributed by atoms with van der Waals surface area (Å²) in [6.45, 7) is 5.20. The van der Waals surface area contributed by atoms with Crippen LogP contribution in [0, 0.1) is 0 Å². The lowest BCUT2D eigenvalue weighted by molar-refractivity contribution is -0.111. The van der Waals surface area contributed by atoms with Gasteiger partial charge in [0.25, 0.3) is 11.8 Å². The average Bonchev–Trinajstić information content (AvgIpc) is 3.95. The molecule has 0 saturated carbocycles. The number of nitrogens with two attached hydrogens (primary N) is 2. The van der Waals surface area contributed by atoms with E-state index >= 15 is 0 Å². The van der Waals surface area contributed by atoms with E-state index in [1.807, 2.05) is 19.9 Å². The van der Waals surface area contributed by atoms with E-state index in [-0.39, 0.29) is 42.8 Å². The molecule has 6 fully saturated rings. The van der Waals surface area contributed by atoms with Crippen LogP contribution in [0.4, 0.5) is 0 Å². The second-order valence-corrected chi connectivity index (χ2v) is 22.4. The van der Waals surface area contributed by atoms with Crippen LogP contribution in [0.25, 0.3) is 10.8 Å². The molecule has 0 aliphatic carbocycles. The molecule has 0 spiro atoms. The summed E-state index contributed by atoms with van der Waals surface area (Å²) in [5.41, 5.74) is 12.6. The number of nitrogens with zero attached hydrogens (tertiary/aromatic N) is 1. The molecule has 270 valence electrons. The maximum Gasteiger partial charge on any atom is 0.502 e. The minimum atomic E-state index is -3.38. The highest BCUT2D eigenvalue weighted by Gasteiger charge is 2.75. The molecule has 2 aromatic rings. The number of carbonyl (C=O) groups excluding carboxylic acids is 2. The molecule has 6 bridgehead atoms. The van der Waals surface area contributed by atoms with Crippen molar-refractivity contribution in [3.05, 3.63) is 46.5 Å². The number of fused-ring (bicyclic) bond motifs is 6. The number of carbonyl (C=O) groups is 2. The molecule has 10 unspecified atom stereocenters. The van der Waals surface area contributed by atoms with Crippen molar-refractivity contribution in [2.45, 2.75) is 106 Å². The van der Waals surface area contributed by atoms with Crippen molar-refractivity contribution in [3.8, 4) is 0 Å². The molecule has 2 amide bonds. The third kappa shape index (κ3) is 5.20. The van der Waals surface area contributed by atoms with E-state index in [9.17, 15) is 9.59 Å². The highest BCUT2D eigenvalue weighted by molar-refractivity contribution is 6.63. The Morgan fingerprint density at radius 2 is 1.06 bits per heavy atom. The predicted molar refractivity (Wildman–Crippen MR) is 183 cm³/mol. The lowest BCUT2D eigenvalue weighted by atomic mass is 9.92. The Balaban J connectivity index is 0.965. The molecule has 6 saturated heterocycles. The summed E-state index contributed by atoms with van der Waals surface area (Å²) >= 11 is 6.41. The Kier molecular flexibility index (Phi) is 8.50. The van der Waals surface area contributed by atoms with Crippen molar-refractivity contribution < 1.29 is 49.4 Å². The third-order valence-electron chi connectivity index (χ3n) is 11.0. The Morgan fingerprint density at radius 1 is 0.620 bits per heavy atom. The number of hydrogen-bond acceptors (Lipinski definition) is 13. The molecule has 9 rings (SSSR count). The highest BCUT2D eigenvalue weighted by Crippen LogP contribution is 2.52. The van der Waals surface area contributed by atoms with E-state index in [0.29, 0.717) is 64.6 Å². The number of halogens is 1. The van der Waals surface area contributed by atoms with E-state index in [1.54, 1.807) is 24.3 Å². The van der Waals surface area contributed by atoms with E-state index in [2.05, 4.69) is 0 Å². The molecule has 10 atom stereocenters. The Hall–Kier alpha value is -1.66. The van der Waals surface area contributed by atoms with Crippen molar-refractivity contribution in [2.24, 2.45) is 11.5 Å². The summed E-state index contributed by atoms with van der Waals surface area (Å²) in [4.78, 5) is 28.6. The summed E-state index contributed by atoms with van der Waals surface area (Å²) in [6.07, 6.45) is -1.41. The molecule has 7 aliphatic heterocycles. The number of hydrogen-bond donors (Lipinski definition) is 2. The van der Waals surface area contributed by atoms with Crippen molar-refractivity contribution >= 4 is 60.6 Å². The zero-order chi connectivity index (χ0) is 34.6. The van der Waals surface area contributed by atoms with Gasteiger partial charge in [0.15, 0.2) is 0 Å². The van der Waals surface area contributed by atoms with Crippen molar-refractivity contribution in [1.29, 1.82) is 0 Å². The fourth-order valence-corrected chi connectivity index (χ4v) is 18.7. The lowest BCUT2D eigenvalue weighted by Crippen LogP contribution is -2.61. The molecule has 14 nitrogen and oxygen atoms in total. The maximum absolute atomic E-state index is 13.7. The number of rotatable bonds is 12. The number of amides is 2. The van der Waals surface area contributed by atoms with Crippen LogP contribution in [0.15, 0.2) is 30.3 Å². The zero-order valence-electron chi connectivity index (χ0n) is 27.9. The van der Waals surface area contributed by atoms with Crippen LogP contribution in [-0.4, -0.2) is 118 Å². The zero-order valence-corrected chi connectivity index (χ0v) is 31.7. The van der Waals surface area contributed by atoms with Gasteiger partial charge in [-0.15, -0.1) is 0 Å². The average molecular weight is 764 g/mol. The van der Waals surface area contributed by atoms with Gasteiger partial charge in [-0.2, -0.15) is 0 Å². The second-order valence-electron chi connectivity index (χ2n) is 14.2. The quantitative estimate of drug-likeness (QED) is 0.239. The molecule has 0 aromatic heterocycles. The van der Waals surface area contributed by atoms with Gasteiger partial charge in [0.05, 0.1) is 12.2 Å². The van der Waals surface area contributed by atoms with Crippen LogP contribution in [0.5, 0.6) is 0 Å². The van der Waals surface area contributed by atoms with E-state index in [1.165, 1.54) is 4.90 Å². The third-order valence-corrected chi connectivity index (χ3v) is 20.1. The molecular formula is C32H42ClN3O11Si3. The van der Waals surface area contributed by atoms with Gasteiger partial charge in [0.1, 0.15) is 42.7 Å². The van der Waals surface area contributed by atoms with Gasteiger partial charge < -0.3 is 51.3 Å². The van der Waals surface area contributed by atoms with Crippen LogP contribution in [0.1, 0.15) is 53.8 Å². The Morgan fingerprint density at radius 3 is 1.58 bits per heavy atom. The summed E-state index contributed by atoms with van der Waals surface area (Å²) in [7, 11) is -9.24. The minimum Gasteiger partial charge on any atom is -0.368 e. The van der Waals surface area contributed by atoms with Crippen LogP contribution < -0.4 is 11.5 Å². The topological polar surface area (TPSA) is 172 Å². The SMILES string of the molecule is CC1O[Si]2(CCCN)OC1C(C1O[Si]3(CCCN4C(=O)c5cccc6c(Cl)ccc(c56)C4=O)OC(C4O[Si]5(CCCN)OC(C)C4O5)C1O3)O2. The first kappa shape index (κ1) is 34.1. The van der Waals surface area contributed by atoms with Crippen molar-refractivity contribution in [2.75, 3.05) is 19.6 Å². The largest absolute Gasteiger partial charge is 0.502 e. The maximum atomic E-state index is 13.7. The molecule has 7 aliphatic rings. The molecule has 50 heavy (non-hydrogen) atoms. The predicted octanol–water partition coefficient (Wildman–Crippen LogP) is 2.58. The van der Waals surface area contributed by atoms with Crippen LogP contribution in [0.2, 0.25) is 23.2 Å². The van der Waals surface area contributed by atoms with E-state index in [0.717, 1.165) is 12.8 Å². The first-order valence-corrected chi connectivity index (χ1v) is 23.8. The first-order chi connectivity index (χ1) is 24.1. The van der Waals surface area contributed by atoms with Crippen molar-refractivity contribution in [3.63, 3.8) is 0 Å². The minimum absolute atomic E-state index is 0.165. The van der Waals surface area contributed by atoms with Crippen LogP contribution in [0.3, 0.4) is 0 Å². The van der Waals surface area contributed by atoms with Gasteiger partial charge in [0, 0.05) is 51.6 Å². The highest BCUT2D eigenvalue weighted by atomic mass is 35.5. The van der Waals surface area contributed by atoms with Crippen molar-refractivity contribution in [1.82, 2.24) is 4.90 Å². The van der Waals surface area contributed by atoms with Gasteiger partial charge >= 0.3 is 26.4 Å². The number of benzene rings is 2. The fraction of sp³-hybridized carbons (Fsp3) is 0.625. The van der Waals surface area contributed by atoms with Gasteiger partial charge in [-0.05, 0) is 64.4 Å². The summed E-state index contributed by atoms with van der Waals surface area (Å²) in [6, 6.07) is 10.4. The Labute approximate surface area is 297 Å². The van der Waals surface area contributed by atoms with Gasteiger partial charge in [0.2, 0.25) is 0 Å². The lowest BCUT2D eigenvalue weighted by Gasteiger charge is -2.41. The smallest absolute Gasteiger partial charge is 0.368 e. The second kappa shape index (κ2) is 12.5. The first-order valence-electron chi connectivity index (χ1n) is 17.7. The normalized spacial score (nSPS) is 42.6. The van der Waals surface area contributed by atoms with Gasteiger partial charge in [-0.25, -0.2) is 0 Å². The van der Waals surface area contributed by atoms with Crippen LogP contribution >= 0.6 is 11.6 Å². The Bertz CT molecular complexity index is 1650. The molecule has 2 aromatic carbocycles. The fourth-order valence-electron chi connectivity index (χ4n) is 8.80. The van der Waals surface area contributed by atoms with Crippen LogP contribution in [-0.2, 0) is 39.8 Å². The van der Waals surface area contributed by atoms with E-state index in [4.69, 9.17) is 62.9 Å². The molecule has 7 heterocycles. The molecule has 4 N–H and O–H groups in total. The van der Waals surface area contributed by atoms with Gasteiger partial charge in [-0.3, -0.25) is 14.5 Å². The summed E-state index contributed by atoms with van der Waals surface area (Å²) in [5.74, 6) is -0.709. The molecule has 0 radical (unpaired) electrons. The van der Waals surface area contributed by atoms with Gasteiger partial charge in [-0.1, -0.05) is 23.7 Å².